The normalized spacial score (nSPS) is 10.8. The number of carbonyl (C=O) groups is 1. The number of amides is 1. The van der Waals surface area contributed by atoms with E-state index in [4.69, 9.17) is 0 Å². The Balaban J connectivity index is 2.98. The summed E-state index contributed by atoms with van der Waals surface area (Å²) in [6, 6.07) is 6.14. The van der Waals surface area contributed by atoms with Crippen LogP contribution < -0.4 is 4.72 Å². The fourth-order valence-corrected chi connectivity index (χ4v) is 2.65. The Hall–Kier alpha value is -1.14. The minimum Gasteiger partial charge on any atom is -0.269 e. The molecule has 0 unspecified atom stereocenters. The largest absolute Gasteiger partial charge is 0.269 e. The van der Waals surface area contributed by atoms with E-state index in [1.165, 1.54) is 18.2 Å². The van der Waals surface area contributed by atoms with E-state index in [2.05, 4.69) is 15.9 Å². The van der Waals surface area contributed by atoms with Gasteiger partial charge in [0.2, 0.25) is 0 Å². The van der Waals surface area contributed by atoms with Gasteiger partial charge in [0.1, 0.15) is 0 Å². The highest BCUT2D eigenvalue weighted by Gasteiger charge is 2.16. The summed E-state index contributed by atoms with van der Waals surface area (Å²) in [5.41, 5.74) is 0.729. The first-order valence-electron chi connectivity index (χ1n) is 4.78. The van der Waals surface area contributed by atoms with Gasteiger partial charge in [0.05, 0.1) is 4.90 Å². The predicted octanol–water partition coefficient (Wildman–Crippen LogP) is 2.22. The third kappa shape index (κ3) is 4.32. The SMILES string of the molecule is CC(C)=CC(=O)NS(=O)(=O)c1cccc(Br)c1. The fourth-order valence-electron chi connectivity index (χ4n) is 1.12. The second-order valence-corrected chi connectivity index (χ2v) is 6.25. The Bertz CT molecular complexity index is 560. The lowest BCUT2D eigenvalue weighted by Gasteiger charge is -2.05. The number of halogens is 1. The van der Waals surface area contributed by atoms with Crippen LogP contribution in [0, 0.1) is 0 Å². The van der Waals surface area contributed by atoms with E-state index in [1.807, 2.05) is 4.72 Å². The van der Waals surface area contributed by atoms with Gasteiger partial charge >= 0.3 is 0 Å². The van der Waals surface area contributed by atoms with E-state index in [9.17, 15) is 13.2 Å². The average Bonchev–Trinajstić information content (AvgIpc) is 2.15. The predicted molar refractivity (Wildman–Crippen MR) is 68.9 cm³/mol. The van der Waals surface area contributed by atoms with Crippen LogP contribution in [0.3, 0.4) is 0 Å². The molecule has 0 atom stereocenters. The number of hydrogen-bond acceptors (Lipinski definition) is 3. The van der Waals surface area contributed by atoms with Gasteiger partial charge in [-0.25, -0.2) is 13.1 Å². The number of nitrogens with one attached hydrogen (secondary N) is 1. The molecule has 1 amide bonds. The maximum absolute atomic E-state index is 11.8. The Morgan fingerprint density at radius 1 is 1.35 bits per heavy atom. The molecule has 0 aliphatic rings. The van der Waals surface area contributed by atoms with Gasteiger partial charge in [0.25, 0.3) is 15.9 Å². The van der Waals surface area contributed by atoms with Crippen molar-refractivity contribution in [2.75, 3.05) is 0 Å². The summed E-state index contributed by atoms with van der Waals surface area (Å²) < 4.78 is 26.2. The van der Waals surface area contributed by atoms with E-state index in [-0.39, 0.29) is 4.90 Å². The summed E-state index contributed by atoms with van der Waals surface area (Å²) in [5.74, 6) is -0.648. The molecule has 0 heterocycles. The molecule has 0 saturated heterocycles. The molecule has 17 heavy (non-hydrogen) atoms. The molecule has 0 spiro atoms. The van der Waals surface area contributed by atoms with Gasteiger partial charge in [-0.3, -0.25) is 4.79 Å². The number of sulfonamides is 1. The quantitative estimate of drug-likeness (QED) is 0.869. The molecule has 0 aliphatic carbocycles. The van der Waals surface area contributed by atoms with Crippen LogP contribution in [0.1, 0.15) is 13.8 Å². The minimum atomic E-state index is -3.80. The lowest BCUT2D eigenvalue weighted by atomic mass is 10.3. The molecule has 6 heteroatoms. The van der Waals surface area contributed by atoms with E-state index < -0.39 is 15.9 Å². The van der Waals surface area contributed by atoms with Crippen LogP contribution in [-0.2, 0) is 14.8 Å². The van der Waals surface area contributed by atoms with Crippen molar-refractivity contribution in [1.82, 2.24) is 4.72 Å². The number of allylic oxidation sites excluding steroid dienone is 1. The molecular weight excluding hydrogens is 306 g/mol. The van der Waals surface area contributed by atoms with Crippen LogP contribution in [0.5, 0.6) is 0 Å². The monoisotopic (exact) mass is 317 g/mol. The van der Waals surface area contributed by atoms with Crippen LogP contribution in [0.25, 0.3) is 0 Å². The number of benzene rings is 1. The number of hydrogen-bond donors (Lipinski definition) is 1. The van der Waals surface area contributed by atoms with Crippen molar-refractivity contribution in [2.45, 2.75) is 18.7 Å². The molecule has 0 radical (unpaired) electrons. The highest BCUT2D eigenvalue weighted by molar-refractivity contribution is 9.10. The molecule has 4 nitrogen and oxygen atoms in total. The van der Waals surface area contributed by atoms with Crippen LogP contribution in [0.2, 0.25) is 0 Å². The average molecular weight is 318 g/mol. The zero-order valence-corrected chi connectivity index (χ0v) is 11.8. The molecule has 0 aliphatic heterocycles. The van der Waals surface area contributed by atoms with Gasteiger partial charge in [-0.1, -0.05) is 27.6 Å². The molecule has 1 rings (SSSR count). The van der Waals surface area contributed by atoms with Gasteiger partial charge in [-0.2, -0.15) is 0 Å². The Morgan fingerprint density at radius 2 is 2.00 bits per heavy atom. The molecule has 0 saturated carbocycles. The number of carbonyl (C=O) groups excluding carboxylic acids is 1. The molecule has 1 N–H and O–H groups in total. The molecule has 0 fully saturated rings. The maximum atomic E-state index is 11.8. The third-order valence-corrected chi connectivity index (χ3v) is 3.60. The second-order valence-electron chi connectivity index (χ2n) is 3.65. The van der Waals surface area contributed by atoms with Gasteiger partial charge in [-0.15, -0.1) is 0 Å². The van der Waals surface area contributed by atoms with Crippen molar-refractivity contribution in [3.8, 4) is 0 Å². The summed E-state index contributed by atoms with van der Waals surface area (Å²) >= 11 is 3.17. The molecule has 92 valence electrons. The summed E-state index contributed by atoms with van der Waals surface area (Å²) in [5, 5.41) is 0. The van der Waals surface area contributed by atoms with Crippen LogP contribution in [0.15, 0.2) is 45.3 Å². The smallest absolute Gasteiger partial charge is 0.264 e. The van der Waals surface area contributed by atoms with Crippen molar-refractivity contribution in [2.24, 2.45) is 0 Å². The lowest BCUT2D eigenvalue weighted by Crippen LogP contribution is -2.29. The van der Waals surface area contributed by atoms with Crippen molar-refractivity contribution in [1.29, 1.82) is 0 Å². The zero-order valence-electron chi connectivity index (χ0n) is 9.40. The Morgan fingerprint density at radius 3 is 2.53 bits per heavy atom. The van der Waals surface area contributed by atoms with Crippen molar-refractivity contribution < 1.29 is 13.2 Å². The zero-order chi connectivity index (χ0) is 13.1. The van der Waals surface area contributed by atoms with Crippen LogP contribution in [-0.4, -0.2) is 14.3 Å². The number of rotatable bonds is 3. The van der Waals surface area contributed by atoms with Gasteiger partial charge in [0.15, 0.2) is 0 Å². The van der Waals surface area contributed by atoms with Crippen LogP contribution >= 0.6 is 15.9 Å². The van der Waals surface area contributed by atoms with E-state index in [0.717, 1.165) is 5.57 Å². The molecule has 0 bridgehead atoms. The second kappa shape index (κ2) is 5.46. The molecule has 1 aromatic carbocycles. The first kappa shape index (κ1) is 13.9. The standard InChI is InChI=1S/C11H12BrNO3S/c1-8(2)6-11(14)13-17(15,16)10-5-3-4-9(12)7-10/h3-7H,1-2H3,(H,13,14). The van der Waals surface area contributed by atoms with Gasteiger partial charge < -0.3 is 0 Å². The van der Waals surface area contributed by atoms with Gasteiger partial charge in [0, 0.05) is 10.5 Å². The third-order valence-electron chi connectivity index (χ3n) is 1.76. The van der Waals surface area contributed by atoms with Gasteiger partial charge in [-0.05, 0) is 32.0 Å². The highest BCUT2D eigenvalue weighted by Crippen LogP contribution is 2.15. The molecule has 1 aromatic rings. The summed E-state index contributed by atoms with van der Waals surface area (Å²) in [6.45, 7) is 3.43. The van der Waals surface area contributed by atoms with Crippen molar-refractivity contribution in [3.05, 3.63) is 40.4 Å². The molecule has 0 aromatic heterocycles. The Labute approximate surface area is 109 Å². The van der Waals surface area contributed by atoms with Crippen molar-refractivity contribution in [3.63, 3.8) is 0 Å². The maximum Gasteiger partial charge on any atom is 0.264 e. The first-order chi connectivity index (χ1) is 7.81. The fraction of sp³-hybridized carbons (Fsp3) is 0.182. The van der Waals surface area contributed by atoms with E-state index in [1.54, 1.807) is 26.0 Å². The van der Waals surface area contributed by atoms with Crippen molar-refractivity contribution >= 4 is 31.9 Å². The summed E-state index contributed by atoms with van der Waals surface area (Å²) in [6.07, 6.45) is 1.23. The topological polar surface area (TPSA) is 63.2 Å². The summed E-state index contributed by atoms with van der Waals surface area (Å²) in [4.78, 5) is 11.4. The minimum absolute atomic E-state index is 0.0439. The highest BCUT2D eigenvalue weighted by atomic mass is 79.9. The van der Waals surface area contributed by atoms with E-state index >= 15 is 0 Å². The lowest BCUT2D eigenvalue weighted by molar-refractivity contribution is -0.114. The molecular formula is C11H12BrNO3S. The van der Waals surface area contributed by atoms with E-state index in [0.29, 0.717) is 4.47 Å². The first-order valence-corrected chi connectivity index (χ1v) is 7.06. The Kier molecular flexibility index (Phi) is 4.47. The van der Waals surface area contributed by atoms with Crippen LogP contribution in [0.4, 0.5) is 0 Å². The summed E-state index contributed by atoms with van der Waals surface area (Å²) in [7, 11) is -3.80.